The molecule has 0 radical (unpaired) electrons. The molecule has 23 heavy (non-hydrogen) atoms. The molecule has 0 amide bonds. The third-order valence-corrected chi connectivity index (χ3v) is 4.50. The number of nitrogens with two attached hydrogens (primary N) is 1. The standard InChI is InChI=1S/C12H7Cl2F3N4OS/c1-21-10(22-11(16)17)6(14)8(20-21)5-4(15)2-3(13)7-9(5)23-12(18)19-7/h2,11H,1H3,(H2,18,19). The first kappa shape index (κ1) is 16.2. The smallest absolute Gasteiger partial charge is 0.388 e. The molecule has 0 fully saturated rings. The molecule has 3 aromatic rings. The van der Waals surface area contributed by atoms with Crippen molar-refractivity contribution in [2.45, 2.75) is 6.61 Å². The third kappa shape index (κ3) is 2.68. The number of rotatable bonds is 3. The van der Waals surface area contributed by atoms with Crippen LogP contribution in [0.3, 0.4) is 0 Å². The summed E-state index contributed by atoms with van der Waals surface area (Å²) in [5, 5.41) is 3.96. The van der Waals surface area contributed by atoms with Gasteiger partial charge in [0.1, 0.15) is 22.1 Å². The van der Waals surface area contributed by atoms with Crippen molar-refractivity contribution in [2.24, 2.45) is 7.05 Å². The summed E-state index contributed by atoms with van der Waals surface area (Å²) in [4.78, 5) is 4.02. The number of fused-ring (bicyclic) bond motifs is 1. The molecule has 1 aromatic carbocycles. The molecular formula is C12H7Cl2F3N4OS. The first-order valence-electron chi connectivity index (χ1n) is 6.01. The number of nitrogen functional groups attached to an aromatic ring is 1. The molecule has 0 saturated heterocycles. The summed E-state index contributed by atoms with van der Waals surface area (Å²) in [6, 6.07) is 1.04. The molecule has 0 bridgehead atoms. The maximum atomic E-state index is 14.4. The second kappa shape index (κ2) is 5.73. The Bertz CT molecular complexity index is 912. The number of thiazole rings is 1. The Hall–Kier alpha value is -1.71. The van der Waals surface area contributed by atoms with Crippen LogP contribution in [0.25, 0.3) is 21.5 Å². The lowest BCUT2D eigenvalue weighted by Crippen LogP contribution is -2.06. The van der Waals surface area contributed by atoms with E-state index in [2.05, 4.69) is 14.8 Å². The highest BCUT2D eigenvalue weighted by Gasteiger charge is 2.26. The number of aromatic nitrogens is 3. The minimum Gasteiger partial charge on any atom is -0.416 e. The molecule has 122 valence electrons. The SMILES string of the molecule is Cn1nc(-c2c(F)cc(Cl)c3nc(N)sc23)c(Cl)c1OC(F)F. The summed E-state index contributed by atoms with van der Waals surface area (Å²) < 4.78 is 44.9. The van der Waals surface area contributed by atoms with E-state index in [0.717, 1.165) is 22.1 Å². The largest absolute Gasteiger partial charge is 0.416 e. The van der Waals surface area contributed by atoms with Crippen LogP contribution < -0.4 is 10.5 Å². The van der Waals surface area contributed by atoms with E-state index in [0.29, 0.717) is 4.70 Å². The highest BCUT2D eigenvalue weighted by Crippen LogP contribution is 2.43. The van der Waals surface area contributed by atoms with Crippen LogP contribution in [-0.2, 0) is 7.05 Å². The second-order valence-corrected chi connectivity index (χ2v) is 6.23. The number of hydrogen-bond donors (Lipinski definition) is 1. The van der Waals surface area contributed by atoms with E-state index in [1.54, 1.807) is 0 Å². The summed E-state index contributed by atoms with van der Waals surface area (Å²) in [5.41, 5.74) is 5.83. The summed E-state index contributed by atoms with van der Waals surface area (Å²) in [6.07, 6.45) is 0. The van der Waals surface area contributed by atoms with Gasteiger partial charge in [-0.2, -0.15) is 13.9 Å². The van der Waals surface area contributed by atoms with Crippen molar-refractivity contribution in [1.29, 1.82) is 0 Å². The maximum Gasteiger partial charge on any atom is 0.388 e. The first-order valence-corrected chi connectivity index (χ1v) is 7.58. The number of alkyl halides is 2. The fourth-order valence-electron chi connectivity index (χ4n) is 2.10. The molecule has 3 rings (SSSR count). The van der Waals surface area contributed by atoms with Gasteiger partial charge in [-0.05, 0) is 6.07 Å². The molecule has 5 nitrogen and oxygen atoms in total. The molecule has 0 aliphatic carbocycles. The van der Waals surface area contributed by atoms with E-state index in [-0.39, 0.29) is 37.8 Å². The Kier molecular flexibility index (Phi) is 4.03. The zero-order valence-corrected chi connectivity index (χ0v) is 13.6. The predicted molar refractivity (Wildman–Crippen MR) is 82.8 cm³/mol. The van der Waals surface area contributed by atoms with Gasteiger partial charge in [-0.1, -0.05) is 34.5 Å². The summed E-state index contributed by atoms with van der Waals surface area (Å²) >= 11 is 13.0. The lowest BCUT2D eigenvalue weighted by Gasteiger charge is -2.04. The Morgan fingerprint density at radius 1 is 1.39 bits per heavy atom. The minimum absolute atomic E-state index is 0.0247. The van der Waals surface area contributed by atoms with Gasteiger partial charge in [0, 0.05) is 7.05 Å². The highest BCUT2D eigenvalue weighted by molar-refractivity contribution is 7.22. The molecular weight excluding hydrogens is 376 g/mol. The highest BCUT2D eigenvalue weighted by atomic mass is 35.5. The van der Waals surface area contributed by atoms with Crippen LogP contribution in [0.1, 0.15) is 0 Å². The maximum absolute atomic E-state index is 14.4. The summed E-state index contributed by atoms with van der Waals surface area (Å²) in [5.74, 6) is -1.11. The number of benzene rings is 1. The second-order valence-electron chi connectivity index (χ2n) is 4.41. The molecule has 2 aromatic heterocycles. The van der Waals surface area contributed by atoms with Crippen LogP contribution in [0.5, 0.6) is 5.88 Å². The summed E-state index contributed by atoms with van der Waals surface area (Å²) in [6.45, 7) is -3.09. The van der Waals surface area contributed by atoms with Gasteiger partial charge in [-0.15, -0.1) is 0 Å². The third-order valence-electron chi connectivity index (χ3n) is 2.97. The van der Waals surface area contributed by atoms with Gasteiger partial charge in [0.05, 0.1) is 15.3 Å². The van der Waals surface area contributed by atoms with Crippen LogP contribution in [-0.4, -0.2) is 21.4 Å². The number of nitrogens with zero attached hydrogens (tertiary/aromatic N) is 3. The van der Waals surface area contributed by atoms with Gasteiger partial charge in [0.15, 0.2) is 5.13 Å². The van der Waals surface area contributed by atoms with E-state index in [1.165, 1.54) is 7.05 Å². The van der Waals surface area contributed by atoms with Crippen LogP contribution in [0.15, 0.2) is 6.07 Å². The van der Waals surface area contributed by atoms with Crippen molar-refractivity contribution in [2.75, 3.05) is 5.73 Å². The molecule has 0 atom stereocenters. The van der Waals surface area contributed by atoms with Crippen LogP contribution in [0, 0.1) is 5.82 Å². The van der Waals surface area contributed by atoms with E-state index >= 15 is 0 Å². The monoisotopic (exact) mass is 382 g/mol. The molecule has 0 saturated carbocycles. The van der Waals surface area contributed by atoms with Crippen molar-refractivity contribution in [3.8, 4) is 17.1 Å². The molecule has 2 N–H and O–H groups in total. The van der Waals surface area contributed by atoms with Gasteiger partial charge in [-0.3, -0.25) is 0 Å². The fraction of sp³-hybridized carbons (Fsp3) is 0.167. The molecule has 0 unspecified atom stereocenters. The quantitative estimate of drug-likeness (QED) is 0.732. The van der Waals surface area contributed by atoms with E-state index in [4.69, 9.17) is 28.9 Å². The molecule has 2 heterocycles. The van der Waals surface area contributed by atoms with Crippen molar-refractivity contribution < 1.29 is 17.9 Å². The van der Waals surface area contributed by atoms with Crippen LogP contribution in [0.4, 0.5) is 18.3 Å². The zero-order valence-electron chi connectivity index (χ0n) is 11.3. The number of hydrogen-bond acceptors (Lipinski definition) is 5. The van der Waals surface area contributed by atoms with Gasteiger partial charge >= 0.3 is 6.61 Å². The Morgan fingerprint density at radius 2 is 2.09 bits per heavy atom. The lowest BCUT2D eigenvalue weighted by molar-refractivity contribution is -0.0552. The van der Waals surface area contributed by atoms with Gasteiger partial charge in [0.25, 0.3) is 0 Å². The van der Waals surface area contributed by atoms with E-state index in [1.807, 2.05) is 0 Å². The zero-order chi connectivity index (χ0) is 16.9. The van der Waals surface area contributed by atoms with Gasteiger partial charge in [0.2, 0.25) is 5.88 Å². The lowest BCUT2D eigenvalue weighted by atomic mass is 10.1. The number of ether oxygens (including phenoxy) is 1. The summed E-state index contributed by atoms with van der Waals surface area (Å²) in [7, 11) is 1.35. The number of anilines is 1. The Labute approximate surface area is 141 Å². The average molecular weight is 383 g/mol. The van der Waals surface area contributed by atoms with Crippen molar-refractivity contribution in [3.05, 3.63) is 21.9 Å². The molecule has 0 aliphatic rings. The van der Waals surface area contributed by atoms with E-state index < -0.39 is 12.4 Å². The minimum atomic E-state index is -3.09. The van der Waals surface area contributed by atoms with Crippen LogP contribution >= 0.6 is 34.5 Å². The van der Waals surface area contributed by atoms with Gasteiger partial charge < -0.3 is 10.5 Å². The van der Waals surface area contributed by atoms with Crippen molar-refractivity contribution in [3.63, 3.8) is 0 Å². The number of halogens is 5. The topological polar surface area (TPSA) is 66.0 Å². The van der Waals surface area contributed by atoms with Crippen LogP contribution in [0.2, 0.25) is 10.0 Å². The first-order chi connectivity index (χ1) is 10.8. The number of aryl methyl sites for hydroxylation is 1. The fourth-order valence-corrected chi connectivity index (χ4v) is 3.59. The Balaban J connectivity index is 2.29. The van der Waals surface area contributed by atoms with Gasteiger partial charge in [-0.25, -0.2) is 14.1 Å². The van der Waals surface area contributed by atoms with E-state index in [9.17, 15) is 13.2 Å². The average Bonchev–Trinajstić information content (AvgIpc) is 2.95. The van der Waals surface area contributed by atoms with Crippen molar-refractivity contribution >= 4 is 49.9 Å². The van der Waals surface area contributed by atoms with Crippen molar-refractivity contribution in [1.82, 2.24) is 14.8 Å². The Morgan fingerprint density at radius 3 is 2.74 bits per heavy atom. The predicted octanol–water partition coefficient (Wildman–Crippen LogP) is 4.33. The molecule has 0 aliphatic heterocycles. The normalized spacial score (nSPS) is 11.6. The molecule has 11 heteroatoms. The molecule has 0 spiro atoms.